The summed E-state index contributed by atoms with van der Waals surface area (Å²) in [5.74, 6) is -0.293. The van der Waals surface area contributed by atoms with Crippen LogP contribution >= 0.6 is 15.9 Å². The number of alkyl halides is 7. The molecular weight excluding hydrogens is 454 g/mol. The molecule has 152 valence electrons. The average Bonchev–Trinajstić information content (AvgIpc) is 2.86. The molecule has 1 unspecified atom stereocenters. The number of hydrogen-bond acceptors (Lipinski definition) is 2. The van der Waals surface area contributed by atoms with Crippen molar-refractivity contribution in [2.24, 2.45) is 5.41 Å². The highest BCUT2D eigenvalue weighted by molar-refractivity contribution is 9.10. The molecule has 0 fully saturated rings. The standard InChI is InChI=1S/C18H15BrF6N2O/c1-8-13-12(7-16(2,3)15(19)14(13)28)27(26-8)11-5-9(17(20,21)22)4-10(6-11)18(23,24)25/h4-6,15H,7H2,1-3H3. The van der Waals surface area contributed by atoms with Crippen molar-refractivity contribution in [3.05, 3.63) is 46.3 Å². The van der Waals surface area contributed by atoms with Crippen molar-refractivity contribution < 1.29 is 31.1 Å². The Morgan fingerprint density at radius 2 is 1.57 bits per heavy atom. The number of Topliss-reactive ketones (excluding diaryl/α,β-unsaturated/α-hetero) is 1. The number of aryl methyl sites for hydroxylation is 1. The van der Waals surface area contributed by atoms with Crippen molar-refractivity contribution in [2.45, 2.75) is 44.4 Å². The molecule has 0 radical (unpaired) electrons. The second-order valence-corrected chi connectivity index (χ2v) is 8.39. The van der Waals surface area contributed by atoms with Gasteiger partial charge in [-0.2, -0.15) is 31.4 Å². The molecule has 1 atom stereocenters. The van der Waals surface area contributed by atoms with E-state index in [1.807, 2.05) is 0 Å². The van der Waals surface area contributed by atoms with Crippen LogP contribution in [0.1, 0.15) is 46.7 Å². The summed E-state index contributed by atoms with van der Waals surface area (Å²) in [5, 5.41) is 4.10. The highest BCUT2D eigenvalue weighted by atomic mass is 79.9. The summed E-state index contributed by atoms with van der Waals surface area (Å²) in [6.45, 7) is 5.07. The van der Waals surface area contributed by atoms with E-state index in [-0.39, 0.29) is 35.2 Å². The first-order valence-electron chi connectivity index (χ1n) is 8.19. The third-order valence-electron chi connectivity index (χ3n) is 4.76. The van der Waals surface area contributed by atoms with Gasteiger partial charge in [0.15, 0.2) is 5.78 Å². The molecule has 10 heteroatoms. The number of nitrogens with zero attached hydrogens (tertiary/aromatic N) is 2. The Morgan fingerprint density at radius 3 is 2.04 bits per heavy atom. The molecule has 0 amide bonds. The van der Waals surface area contributed by atoms with Crippen LogP contribution in [0.2, 0.25) is 0 Å². The van der Waals surface area contributed by atoms with Gasteiger partial charge in [-0.3, -0.25) is 4.79 Å². The molecular formula is C18H15BrF6N2O. The quantitative estimate of drug-likeness (QED) is 0.394. The number of ketones is 1. The number of hydrogen-bond donors (Lipinski definition) is 0. The van der Waals surface area contributed by atoms with Crippen LogP contribution in [0.4, 0.5) is 26.3 Å². The Bertz CT molecular complexity index is 926. The molecule has 2 aromatic rings. The summed E-state index contributed by atoms with van der Waals surface area (Å²) < 4.78 is 80.1. The second kappa shape index (κ2) is 6.33. The maximum absolute atomic E-state index is 13.2. The number of benzene rings is 1. The third kappa shape index (κ3) is 3.46. The molecule has 1 aliphatic rings. The van der Waals surface area contributed by atoms with Gasteiger partial charge in [0.1, 0.15) is 0 Å². The lowest BCUT2D eigenvalue weighted by Crippen LogP contribution is -2.39. The van der Waals surface area contributed by atoms with Gasteiger partial charge in [-0.1, -0.05) is 29.8 Å². The van der Waals surface area contributed by atoms with Crippen molar-refractivity contribution in [1.82, 2.24) is 9.78 Å². The van der Waals surface area contributed by atoms with Crippen LogP contribution in [0.3, 0.4) is 0 Å². The zero-order valence-corrected chi connectivity index (χ0v) is 16.6. The van der Waals surface area contributed by atoms with Crippen molar-refractivity contribution in [3.8, 4) is 5.69 Å². The molecule has 1 aliphatic carbocycles. The molecule has 0 saturated heterocycles. The molecule has 0 bridgehead atoms. The molecule has 0 saturated carbocycles. The lowest BCUT2D eigenvalue weighted by atomic mass is 9.75. The van der Waals surface area contributed by atoms with Crippen molar-refractivity contribution >= 4 is 21.7 Å². The van der Waals surface area contributed by atoms with E-state index in [2.05, 4.69) is 21.0 Å². The summed E-state index contributed by atoms with van der Waals surface area (Å²) in [7, 11) is 0. The lowest BCUT2D eigenvalue weighted by molar-refractivity contribution is -0.143. The van der Waals surface area contributed by atoms with Gasteiger partial charge in [0.25, 0.3) is 0 Å². The topological polar surface area (TPSA) is 34.9 Å². The molecule has 1 aromatic carbocycles. The number of aromatic nitrogens is 2. The Hall–Kier alpha value is -1.84. The van der Waals surface area contributed by atoms with Crippen LogP contribution in [0.15, 0.2) is 18.2 Å². The molecule has 0 spiro atoms. The van der Waals surface area contributed by atoms with E-state index in [9.17, 15) is 31.1 Å². The number of rotatable bonds is 1. The fourth-order valence-electron chi connectivity index (χ4n) is 3.34. The predicted octanol–water partition coefficient (Wildman–Crippen LogP) is 5.75. The minimum Gasteiger partial charge on any atom is -0.293 e. The van der Waals surface area contributed by atoms with Gasteiger partial charge in [-0.15, -0.1) is 0 Å². The normalized spacial score (nSPS) is 19.6. The molecule has 0 aliphatic heterocycles. The molecule has 1 aromatic heterocycles. The zero-order chi connectivity index (χ0) is 21.2. The fraction of sp³-hybridized carbons (Fsp3) is 0.444. The van der Waals surface area contributed by atoms with Gasteiger partial charge in [0, 0.05) is 0 Å². The Morgan fingerprint density at radius 1 is 1.07 bits per heavy atom. The van der Waals surface area contributed by atoms with Gasteiger partial charge in [-0.25, -0.2) is 4.68 Å². The van der Waals surface area contributed by atoms with Crippen LogP contribution in [-0.2, 0) is 18.8 Å². The number of carbonyl (C=O) groups excluding carboxylic acids is 1. The maximum Gasteiger partial charge on any atom is 0.416 e. The predicted molar refractivity (Wildman–Crippen MR) is 92.8 cm³/mol. The molecule has 28 heavy (non-hydrogen) atoms. The van der Waals surface area contributed by atoms with Crippen molar-refractivity contribution in [2.75, 3.05) is 0 Å². The minimum absolute atomic E-state index is 0.0654. The van der Waals surface area contributed by atoms with Gasteiger partial charge < -0.3 is 0 Å². The Kier molecular flexibility index (Phi) is 4.72. The SMILES string of the molecule is Cc1nn(-c2cc(C(F)(F)F)cc(C(F)(F)F)c2)c2c1C(=O)C(Br)C(C)(C)C2. The summed E-state index contributed by atoms with van der Waals surface area (Å²) in [4.78, 5) is 12.2. The summed E-state index contributed by atoms with van der Waals surface area (Å²) in [6, 6.07) is 1.29. The van der Waals surface area contributed by atoms with E-state index < -0.39 is 33.7 Å². The average molecular weight is 469 g/mol. The van der Waals surface area contributed by atoms with Crippen LogP contribution in [0.25, 0.3) is 5.69 Å². The van der Waals surface area contributed by atoms with Gasteiger partial charge in [-0.05, 0) is 37.0 Å². The first kappa shape index (κ1) is 20.9. The monoisotopic (exact) mass is 468 g/mol. The Balaban J connectivity index is 2.28. The molecule has 3 nitrogen and oxygen atoms in total. The highest BCUT2D eigenvalue weighted by Crippen LogP contribution is 2.42. The van der Waals surface area contributed by atoms with Gasteiger partial charge in [0.05, 0.1) is 38.6 Å². The molecule has 0 N–H and O–H groups in total. The van der Waals surface area contributed by atoms with E-state index in [4.69, 9.17) is 0 Å². The van der Waals surface area contributed by atoms with E-state index >= 15 is 0 Å². The van der Waals surface area contributed by atoms with Crippen LogP contribution < -0.4 is 0 Å². The van der Waals surface area contributed by atoms with Gasteiger partial charge in [0.2, 0.25) is 0 Å². The van der Waals surface area contributed by atoms with Crippen LogP contribution in [-0.4, -0.2) is 20.4 Å². The summed E-state index contributed by atoms with van der Waals surface area (Å²) in [6.07, 6.45) is -9.68. The number of carbonyl (C=O) groups is 1. The van der Waals surface area contributed by atoms with Crippen molar-refractivity contribution in [1.29, 1.82) is 0 Å². The van der Waals surface area contributed by atoms with Crippen molar-refractivity contribution in [3.63, 3.8) is 0 Å². The molecule has 1 heterocycles. The molecule has 3 rings (SSSR count). The van der Waals surface area contributed by atoms with Gasteiger partial charge >= 0.3 is 12.4 Å². The summed E-state index contributed by atoms with van der Waals surface area (Å²) >= 11 is 3.34. The zero-order valence-electron chi connectivity index (χ0n) is 15.0. The smallest absolute Gasteiger partial charge is 0.293 e. The Labute approximate surface area is 164 Å². The first-order chi connectivity index (χ1) is 12.6. The first-order valence-corrected chi connectivity index (χ1v) is 9.11. The number of halogens is 7. The lowest BCUT2D eigenvalue weighted by Gasteiger charge is -2.34. The van der Waals surface area contributed by atoms with Crippen LogP contribution in [0, 0.1) is 12.3 Å². The van der Waals surface area contributed by atoms with E-state index in [1.165, 1.54) is 6.92 Å². The fourth-order valence-corrected chi connectivity index (χ4v) is 3.73. The largest absolute Gasteiger partial charge is 0.416 e. The second-order valence-electron chi connectivity index (χ2n) is 7.48. The number of fused-ring (bicyclic) bond motifs is 1. The van der Waals surface area contributed by atoms with E-state index in [1.54, 1.807) is 13.8 Å². The highest BCUT2D eigenvalue weighted by Gasteiger charge is 2.43. The van der Waals surface area contributed by atoms with E-state index in [0.29, 0.717) is 17.8 Å². The minimum atomic E-state index is -4.96. The maximum atomic E-state index is 13.2. The summed E-state index contributed by atoms with van der Waals surface area (Å²) in [5.41, 5.74) is -3.06. The van der Waals surface area contributed by atoms with E-state index in [0.717, 1.165) is 4.68 Å². The van der Waals surface area contributed by atoms with Crippen LogP contribution in [0.5, 0.6) is 0 Å². The third-order valence-corrected chi connectivity index (χ3v) is 6.41.